The zero-order valence-electron chi connectivity index (χ0n) is 17.1. The van der Waals surface area contributed by atoms with Crippen molar-refractivity contribution in [2.75, 3.05) is 19.4 Å². The number of thiophene rings is 1. The maximum atomic E-state index is 12.6. The quantitative estimate of drug-likeness (QED) is 0.645. The maximum Gasteiger partial charge on any atom is 0.348 e. The molecule has 0 amide bonds. The summed E-state index contributed by atoms with van der Waals surface area (Å²) in [5.41, 5.74) is 0.0222. The molecule has 1 fully saturated rings. The van der Waals surface area contributed by atoms with Gasteiger partial charge in [0.05, 0.1) is 18.2 Å². The molecule has 1 saturated heterocycles. The van der Waals surface area contributed by atoms with Crippen LogP contribution in [0, 0.1) is 6.92 Å². The molecule has 0 bridgehead atoms. The van der Waals surface area contributed by atoms with Gasteiger partial charge in [0.1, 0.15) is 15.7 Å². The van der Waals surface area contributed by atoms with E-state index in [2.05, 4.69) is 9.97 Å². The van der Waals surface area contributed by atoms with Crippen LogP contribution in [0.25, 0.3) is 10.2 Å². The molecule has 2 atom stereocenters. The zero-order valence-corrected chi connectivity index (χ0v) is 18.7. The van der Waals surface area contributed by atoms with Crippen LogP contribution in [0.5, 0.6) is 0 Å². The van der Waals surface area contributed by atoms with Crippen molar-refractivity contribution in [1.29, 1.82) is 0 Å². The van der Waals surface area contributed by atoms with E-state index in [0.29, 0.717) is 28.1 Å². The number of carbonyl (C=O) groups excluding carboxylic acids is 2. The van der Waals surface area contributed by atoms with Gasteiger partial charge in [-0.3, -0.25) is 9.59 Å². The number of sulfonamides is 1. The summed E-state index contributed by atoms with van der Waals surface area (Å²) < 4.78 is 35.2. The molecular formula is C18H23N3O7S2. The fraction of sp³-hybridized carbons (Fsp3) is 0.556. The molecule has 3 heterocycles. The minimum absolute atomic E-state index is 0.112. The summed E-state index contributed by atoms with van der Waals surface area (Å²) in [6.07, 6.45) is 1.07. The molecule has 0 aliphatic carbocycles. The summed E-state index contributed by atoms with van der Waals surface area (Å²) in [6, 6.07) is -0.891. The van der Waals surface area contributed by atoms with Gasteiger partial charge in [0.25, 0.3) is 5.56 Å². The van der Waals surface area contributed by atoms with Gasteiger partial charge in [-0.2, -0.15) is 4.31 Å². The van der Waals surface area contributed by atoms with E-state index in [0.717, 1.165) is 21.9 Å². The minimum Gasteiger partial charge on any atom is -0.462 e. The maximum absolute atomic E-state index is 12.6. The molecule has 3 rings (SSSR count). The second kappa shape index (κ2) is 8.44. The van der Waals surface area contributed by atoms with Crippen molar-refractivity contribution >= 4 is 43.5 Å². The van der Waals surface area contributed by atoms with Crippen LogP contribution in [-0.4, -0.2) is 60.1 Å². The lowest BCUT2D eigenvalue weighted by atomic mass is 10.2. The summed E-state index contributed by atoms with van der Waals surface area (Å²) >= 11 is 1.03. The van der Waals surface area contributed by atoms with Crippen LogP contribution in [0.4, 0.5) is 0 Å². The molecule has 1 aliphatic rings. The van der Waals surface area contributed by atoms with Crippen molar-refractivity contribution in [1.82, 2.24) is 14.3 Å². The van der Waals surface area contributed by atoms with Gasteiger partial charge < -0.3 is 14.5 Å². The summed E-state index contributed by atoms with van der Waals surface area (Å²) in [5, 5.41) is 0.282. The molecular weight excluding hydrogens is 434 g/mol. The Bertz CT molecular complexity index is 1150. The van der Waals surface area contributed by atoms with Gasteiger partial charge in [0.2, 0.25) is 10.0 Å². The summed E-state index contributed by atoms with van der Waals surface area (Å²) in [6.45, 7) is 5.34. The number of hydrogen-bond donors (Lipinski definition) is 1. The molecule has 0 aromatic carbocycles. The van der Waals surface area contributed by atoms with Gasteiger partial charge in [-0.05, 0) is 39.2 Å². The third-order valence-electron chi connectivity index (χ3n) is 4.86. The largest absolute Gasteiger partial charge is 0.462 e. The molecule has 0 radical (unpaired) electrons. The van der Waals surface area contributed by atoms with E-state index in [4.69, 9.17) is 9.47 Å². The summed E-state index contributed by atoms with van der Waals surface area (Å²) in [5.74, 6) is -1.11. The monoisotopic (exact) mass is 457 g/mol. The number of nitrogens with zero attached hydrogens (tertiary/aromatic N) is 2. The van der Waals surface area contributed by atoms with Crippen molar-refractivity contribution in [3.05, 3.63) is 26.6 Å². The predicted molar refractivity (Wildman–Crippen MR) is 110 cm³/mol. The number of aromatic nitrogens is 2. The van der Waals surface area contributed by atoms with Gasteiger partial charge in [0.15, 0.2) is 11.9 Å². The van der Waals surface area contributed by atoms with E-state index in [-0.39, 0.29) is 24.4 Å². The number of ether oxygens (including phenoxy) is 2. The number of nitrogens with one attached hydrogen (secondary N) is 1. The summed E-state index contributed by atoms with van der Waals surface area (Å²) in [7, 11) is -3.53. The number of H-pyrrole nitrogens is 1. The lowest BCUT2D eigenvalue weighted by molar-refractivity contribution is -0.152. The van der Waals surface area contributed by atoms with Crippen LogP contribution in [0.3, 0.4) is 0 Å². The van der Waals surface area contributed by atoms with Crippen LogP contribution in [0.1, 0.15) is 53.9 Å². The predicted octanol–water partition coefficient (Wildman–Crippen LogP) is 1.50. The van der Waals surface area contributed by atoms with Crippen molar-refractivity contribution in [2.24, 2.45) is 0 Å². The number of aryl methyl sites for hydroxylation is 1. The Hall–Kier alpha value is -2.31. The fourth-order valence-electron chi connectivity index (χ4n) is 3.43. The first-order chi connectivity index (χ1) is 14.0. The molecule has 30 heavy (non-hydrogen) atoms. The molecule has 12 heteroatoms. The molecule has 2 unspecified atom stereocenters. The van der Waals surface area contributed by atoms with E-state index in [1.165, 1.54) is 6.92 Å². The second-order valence-electron chi connectivity index (χ2n) is 7.02. The highest BCUT2D eigenvalue weighted by atomic mass is 32.2. The first-order valence-electron chi connectivity index (χ1n) is 9.42. The Labute approximate surface area is 177 Å². The third kappa shape index (κ3) is 4.25. The average Bonchev–Trinajstić information content (AvgIpc) is 3.27. The Morgan fingerprint density at radius 2 is 2.10 bits per heavy atom. The number of rotatable bonds is 6. The number of esters is 2. The Balaban J connectivity index is 1.87. The first kappa shape index (κ1) is 22.4. The van der Waals surface area contributed by atoms with E-state index in [1.807, 2.05) is 0 Å². The second-order valence-corrected chi connectivity index (χ2v) is 9.95. The number of fused-ring (bicyclic) bond motifs is 1. The van der Waals surface area contributed by atoms with Gasteiger partial charge in [-0.1, -0.05) is 0 Å². The number of aromatic amines is 1. The van der Waals surface area contributed by atoms with Crippen molar-refractivity contribution in [2.45, 2.75) is 45.8 Å². The lowest BCUT2D eigenvalue weighted by Gasteiger charge is -2.22. The lowest BCUT2D eigenvalue weighted by Crippen LogP contribution is -2.41. The van der Waals surface area contributed by atoms with Crippen molar-refractivity contribution in [3.8, 4) is 0 Å². The fourth-order valence-corrected chi connectivity index (χ4v) is 5.62. The first-order valence-corrected chi connectivity index (χ1v) is 12.1. The summed E-state index contributed by atoms with van der Waals surface area (Å²) in [4.78, 5) is 44.8. The Morgan fingerprint density at radius 3 is 2.73 bits per heavy atom. The smallest absolute Gasteiger partial charge is 0.348 e. The van der Waals surface area contributed by atoms with Crippen molar-refractivity contribution < 1.29 is 27.5 Å². The van der Waals surface area contributed by atoms with E-state index >= 15 is 0 Å². The minimum atomic E-state index is -3.53. The molecule has 0 spiro atoms. The van der Waals surface area contributed by atoms with E-state index in [1.54, 1.807) is 13.8 Å². The van der Waals surface area contributed by atoms with Crippen molar-refractivity contribution in [3.63, 3.8) is 0 Å². The number of carbonyl (C=O) groups is 2. The standard InChI is InChI=1S/C18H23N3O7S2/c1-5-27-18(24)13-9(2)12-15(22)19-14(20-16(12)29-13)10(3)28-17(23)11-7-6-8-21(11)30(4,25)26/h10-11H,5-8H2,1-4H3,(H,19,20,22). The highest BCUT2D eigenvalue weighted by molar-refractivity contribution is 7.88. The highest BCUT2D eigenvalue weighted by Gasteiger charge is 2.38. The SMILES string of the molecule is CCOC(=O)c1sc2nc(C(C)OC(=O)C3CCCN3S(C)(=O)=O)[nH]c(=O)c2c1C. The normalized spacial score (nSPS) is 18.5. The van der Waals surface area contributed by atoms with Gasteiger partial charge in [-0.25, -0.2) is 18.2 Å². The van der Waals surface area contributed by atoms with E-state index in [9.17, 15) is 22.8 Å². The zero-order chi connectivity index (χ0) is 22.2. The molecule has 2 aromatic heterocycles. The molecule has 164 valence electrons. The molecule has 10 nitrogen and oxygen atoms in total. The van der Waals surface area contributed by atoms with Crippen LogP contribution < -0.4 is 5.56 Å². The Kier molecular flexibility index (Phi) is 6.29. The number of hydrogen-bond acceptors (Lipinski definition) is 9. The topological polar surface area (TPSA) is 136 Å². The third-order valence-corrected chi connectivity index (χ3v) is 7.31. The van der Waals surface area contributed by atoms with Gasteiger partial charge >= 0.3 is 11.9 Å². The molecule has 1 aliphatic heterocycles. The highest BCUT2D eigenvalue weighted by Crippen LogP contribution is 2.29. The molecule has 1 N–H and O–H groups in total. The van der Waals surface area contributed by atoms with Crippen LogP contribution in [0.2, 0.25) is 0 Å². The van der Waals surface area contributed by atoms with Crippen LogP contribution in [0.15, 0.2) is 4.79 Å². The molecule has 2 aromatic rings. The average molecular weight is 458 g/mol. The van der Waals surface area contributed by atoms with Gasteiger partial charge in [0, 0.05) is 6.54 Å². The van der Waals surface area contributed by atoms with E-state index < -0.39 is 39.7 Å². The van der Waals surface area contributed by atoms with Gasteiger partial charge in [-0.15, -0.1) is 11.3 Å². The Morgan fingerprint density at radius 1 is 1.40 bits per heavy atom. The van der Waals surface area contributed by atoms with Crippen LogP contribution in [-0.2, 0) is 24.3 Å². The van der Waals surface area contributed by atoms with Crippen LogP contribution >= 0.6 is 11.3 Å². The molecule has 0 saturated carbocycles.